The van der Waals surface area contributed by atoms with Gasteiger partial charge in [0.1, 0.15) is 5.82 Å². The number of benzene rings is 1. The van der Waals surface area contributed by atoms with Crippen LogP contribution in [0.4, 0.5) is 16.0 Å². The maximum atomic E-state index is 13.2. The Bertz CT molecular complexity index is 592. The van der Waals surface area contributed by atoms with Gasteiger partial charge in [-0.1, -0.05) is 18.5 Å². The van der Waals surface area contributed by atoms with E-state index < -0.39 is 5.82 Å². The van der Waals surface area contributed by atoms with Crippen molar-refractivity contribution in [3.8, 4) is 6.01 Å². The molecule has 0 aliphatic rings. The number of aromatic nitrogens is 3. The number of nitrogens with one attached hydrogen (secondary N) is 1. The van der Waals surface area contributed by atoms with Crippen LogP contribution in [-0.4, -0.2) is 21.6 Å². The Morgan fingerprint density at radius 1 is 1.20 bits per heavy atom. The summed E-state index contributed by atoms with van der Waals surface area (Å²) >= 11 is 11.5. The van der Waals surface area contributed by atoms with Crippen LogP contribution < -0.4 is 10.1 Å². The van der Waals surface area contributed by atoms with Crippen LogP contribution in [0.2, 0.25) is 10.3 Å². The van der Waals surface area contributed by atoms with Crippen LogP contribution in [-0.2, 0) is 0 Å². The van der Waals surface area contributed by atoms with E-state index in [9.17, 15) is 4.39 Å². The van der Waals surface area contributed by atoms with Crippen LogP contribution in [0.3, 0.4) is 0 Å². The predicted molar refractivity (Wildman–Crippen MR) is 75.3 cm³/mol. The minimum atomic E-state index is -0.470. The van der Waals surface area contributed by atoms with Crippen molar-refractivity contribution in [2.45, 2.75) is 13.3 Å². The van der Waals surface area contributed by atoms with Crippen molar-refractivity contribution in [3.63, 3.8) is 0 Å². The smallest absolute Gasteiger partial charge is 0.322 e. The number of anilines is 2. The summed E-state index contributed by atoms with van der Waals surface area (Å²) in [6, 6.07) is 4.10. The SMILES string of the molecule is CCCOc1nc(Cl)nc(Nc2cc(F)cc(Cl)c2)n1. The van der Waals surface area contributed by atoms with E-state index in [1.807, 2.05) is 6.92 Å². The molecule has 1 aromatic heterocycles. The van der Waals surface area contributed by atoms with Crippen LogP contribution in [0, 0.1) is 5.82 Å². The van der Waals surface area contributed by atoms with Gasteiger partial charge >= 0.3 is 6.01 Å². The second-order valence-corrected chi connectivity index (χ2v) is 4.62. The van der Waals surface area contributed by atoms with E-state index in [0.717, 1.165) is 6.42 Å². The lowest BCUT2D eigenvalue weighted by atomic mass is 10.3. The molecule has 0 atom stereocenters. The van der Waals surface area contributed by atoms with Gasteiger partial charge in [-0.05, 0) is 36.2 Å². The first-order valence-electron chi connectivity index (χ1n) is 5.84. The summed E-state index contributed by atoms with van der Waals surface area (Å²) in [6.45, 7) is 2.42. The third-order valence-electron chi connectivity index (χ3n) is 2.14. The van der Waals surface area contributed by atoms with Crippen molar-refractivity contribution in [1.29, 1.82) is 0 Å². The number of halogens is 3. The second kappa shape index (κ2) is 6.67. The fourth-order valence-corrected chi connectivity index (χ4v) is 1.77. The van der Waals surface area contributed by atoms with E-state index in [2.05, 4.69) is 20.3 Å². The molecule has 0 fully saturated rings. The molecule has 20 heavy (non-hydrogen) atoms. The van der Waals surface area contributed by atoms with E-state index in [0.29, 0.717) is 12.3 Å². The largest absolute Gasteiger partial charge is 0.463 e. The van der Waals surface area contributed by atoms with Crippen molar-refractivity contribution < 1.29 is 9.13 Å². The lowest BCUT2D eigenvalue weighted by molar-refractivity contribution is 0.292. The highest BCUT2D eigenvalue weighted by Crippen LogP contribution is 2.21. The molecule has 0 amide bonds. The number of hydrogen-bond donors (Lipinski definition) is 1. The standard InChI is InChI=1S/C12H11Cl2FN4O/c1-2-3-20-12-18-10(14)17-11(19-12)16-9-5-7(13)4-8(15)6-9/h4-6H,2-3H2,1H3,(H,16,17,18,19). The summed E-state index contributed by atoms with van der Waals surface area (Å²) in [6.07, 6.45) is 0.811. The van der Waals surface area contributed by atoms with Crippen LogP contribution in [0.1, 0.15) is 13.3 Å². The second-order valence-electron chi connectivity index (χ2n) is 3.84. The molecular formula is C12H11Cl2FN4O. The Labute approximate surface area is 125 Å². The predicted octanol–water partition coefficient (Wildman–Crippen LogP) is 3.85. The third kappa shape index (κ3) is 4.18. The molecule has 106 valence electrons. The lowest BCUT2D eigenvalue weighted by Crippen LogP contribution is -2.05. The molecule has 0 unspecified atom stereocenters. The zero-order valence-electron chi connectivity index (χ0n) is 10.5. The number of hydrogen-bond acceptors (Lipinski definition) is 5. The monoisotopic (exact) mass is 316 g/mol. The van der Waals surface area contributed by atoms with Crippen molar-refractivity contribution in [2.24, 2.45) is 0 Å². The fourth-order valence-electron chi connectivity index (χ4n) is 1.40. The van der Waals surface area contributed by atoms with Gasteiger partial charge in [0.2, 0.25) is 11.2 Å². The highest BCUT2D eigenvalue weighted by atomic mass is 35.5. The maximum absolute atomic E-state index is 13.2. The summed E-state index contributed by atoms with van der Waals surface area (Å²) < 4.78 is 18.5. The van der Waals surface area contributed by atoms with Crippen LogP contribution in [0.15, 0.2) is 18.2 Å². The Kier molecular flexibility index (Phi) is 4.92. The Morgan fingerprint density at radius 3 is 2.70 bits per heavy atom. The first kappa shape index (κ1) is 14.7. The van der Waals surface area contributed by atoms with Gasteiger partial charge in [0.15, 0.2) is 0 Å². The molecule has 0 bridgehead atoms. The fraction of sp³-hybridized carbons (Fsp3) is 0.250. The molecule has 5 nitrogen and oxygen atoms in total. The Morgan fingerprint density at radius 2 is 2.00 bits per heavy atom. The van der Waals surface area contributed by atoms with Gasteiger partial charge in [0, 0.05) is 10.7 Å². The van der Waals surface area contributed by atoms with E-state index in [4.69, 9.17) is 27.9 Å². The Balaban J connectivity index is 2.21. The quantitative estimate of drug-likeness (QED) is 0.907. The van der Waals surface area contributed by atoms with Gasteiger partial charge < -0.3 is 10.1 Å². The summed E-state index contributed by atoms with van der Waals surface area (Å²) in [5, 5.41) is 3.03. The first-order valence-corrected chi connectivity index (χ1v) is 6.60. The van der Waals surface area contributed by atoms with Crippen LogP contribution in [0.5, 0.6) is 6.01 Å². The Hall–Kier alpha value is -1.66. The normalized spacial score (nSPS) is 10.4. The number of rotatable bonds is 5. The number of ether oxygens (including phenoxy) is 1. The van der Waals surface area contributed by atoms with E-state index in [1.165, 1.54) is 18.2 Å². The van der Waals surface area contributed by atoms with E-state index in [-0.39, 0.29) is 22.3 Å². The van der Waals surface area contributed by atoms with Gasteiger partial charge in [-0.25, -0.2) is 4.39 Å². The first-order chi connectivity index (χ1) is 9.56. The summed E-state index contributed by atoms with van der Waals surface area (Å²) in [4.78, 5) is 11.7. The van der Waals surface area contributed by atoms with Gasteiger partial charge in [0.25, 0.3) is 0 Å². The van der Waals surface area contributed by atoms with Gasteiger partial charge in [-0.2, -0.15) is 15.0 Å². The average Bonchev–Trinajstić information content (AvgIpc) is 2.34. The van der Waals surface area contributed by atoms with Gasteiger partial charge in [0.05, 0.1) is 6.61 Å². The lowest BCUT2D eigenvalue weighted by Gasteiger charge is -2.07. The molecule has 0 radical (unpaired) electrons. The molecule has 0 spiro atoms. The van der Waals surface area contributed by atoms with E-state index in [1.54, 1.807) is 0 Å². The third-order valence-corrected chi connectivity index (χ3v) is 2.53. The average molecular weight is 317 g/mol. The molecule has 0 saturated carbocycles. The molecule has 2 aromatic rings. The molecule has 0 saturated heterocycles. The minimum absolute atomic E-state index is 0.0175. The zero-order chi connectivity index (χ0) is 14.5. The molecule has 0 aliphatic heterocycles. The van der Waals surface area contributed by atoms with Crippen molar-refractivity contribution in [1.82, 2.24) is 15.0 Å². The van der Waals surface area contributed by atoms with Crippen LogP contribution in [0.25, 0.3) is 0 Å². The summed E-state index contributed by atoms with van der Waals surface area (Å²) in [5.74, 6) is -0.319. The molecule has 1 N–H and O–H groups in total. The zero-order valence-corrected chi connectivity index (χ0v) is 12.0. The van der Waals surface area contributed by atoms with Crippen molar-refractivity contribution in [2.75, 3.05) is 11.9 Å². The van der Waals surface area contributed by atoms with Crippen molar-refractivity contribution in [3.05, 3.63) is 34.3 Å². The maximum Gasteiger partial charge on any atom is 0.322 e. The van der Waals surface area contributed by atoms with Crippen LogP contribution >= 0.6 is 23.2 Å². The molecule has 2 rings (SSSR count). The summed E-state index contributed by atoms with van der Waals surface area (Å²) in [5.41, 5.74) is 0.402. The number of nitrogens with zero attached hydrogens (tertiary/aromatic N) is 3. The summed E-state index contributed by atoms with van der Waals surface area (Å²) in [7, 11) is 0. The highest BCUT2D eigenvalue weighted by Gasteiger charge is 2.07. The van der Waals surface area contributed by atoms with Gasteiger partial charge in [-0.3, -0.25) is 0 Å². The minimum Gasteiger partial charge on any atom is -0.463 e. The molecule has 8 heteroatoms. The van der Waals surface area contributed by atoms with Crippen molar-refractivity contribution >= 4 is 34.8 Å². The molecular weight excluding hydrogens is 306 g/mol. The van der Waals surface area contributed by atoms with E-state index >= 15 is 0 Å². The molecule has 1 aromatic carbocycles. The molecule has 1 heterocycles. The topological polar surface area (TPSA) is 59.9 Å². The molecule has 0 aliphatic carbocycles. The highest BCUT2D eigenvalue weighted by molar-refractivity contribution is 6.30. The van der Waals surface area contributed by atoms with Gasteiger partial charge in [-0.15, -0.1) is 0 Å².